The van der Waals surface area contributed by atoms with E-state index in [1.807, 2.05) is 6.07 Å². The number of fused-ring (bicyclic) bond motifs is 1. The average Bonchev–Trinajstić information content (AvgIpc) is 3.25. The molecule has 0 spiro atoms. The molecule has 0 fully saturated rings. The summed E-state index contributed by atoms with van der Waals surface area (Å²) in [5, 5.41) is 6.10. The van der Waals surface area contributed by atoms with Crippen LogP contribution in [0.1, 0.15) is 38.1 Å². The number of anilines is 2. The largest absolute Gasteiger partial charge is 0.355 e. The van der Waals surface area contributed by atoms with Gasteiger partial charge in [-0.3, -0.25) is 13.9 Å². The summed E-state index contributed by atoms with van der Waals surface area (Å²) in [6.07, 6.45) is 0.787. The number of sulfonamides is 1. The summed E-state index contributed by atoms with van der Waals surface area (Å²) in [5.74, 6) is -0.614. The van der Waals surface area contributed by atoms with Gasteiger partial charge in [0.25, 0.3) is 21.8 Å². The Kier molecular flexibility index (Phi) is 7.25. The van der Waals surface area contributed by atoms with Crippen LogP contribution in [0.15, 0.2) is 59.5 Å². The summed E-state index contributed by atoms with van der Waals surface area (Å²) in [6.45, 7) is 4.92. The predicted octanol–water partition coefficient (Wildman–Crippen LogP) is 2.15. The molecule has 2 amide bonds. The van der Waals surface area contributed by atoms with Crippen molar-refractivity contribution in [3.8, 4) is 0 Å². The van der Waals surface area contributed by atoms with Gasteiger partial charge >= 0.3 is 0 Å². The molecule has 3 aromatic rings. The summed E-state index contributed by atoms with van der Waals surface area (Å²) in [5.41, 5.74) is 2.38. The van der Waals surface area contributed by atoms with E-state index < -0.39 is 15.9 Å². The third-order valence-electron chi connectivity index (χ3n) is 6.31. The summed E-state index contributed by atoms with van der Waals surface area (Å²) in [6, 6.07) is 14.6. The third-order valence-corrected chi connectivity index (χ3v) is 9.25. The Hall–Kier alpha value is -3.21. The molecule has 0 saturated carbocycles. The van der Waals surface area contributed by atoms with Gasteiger partial charge < -0.3 is 15.5 Å². The molecule has 0 saturated heterocycles. The molecule has 35 heavy (non-hydrogen) atoms. The van der Waals surface area contributed by atoms with Crippen LogP contribution in [0.25, 0.3) is 0 Å². The molecule has 1 aliphatic heterocycles. The van der Waals surface area contributed by atoms with Crippen LogP contribution in [0.3, 0.4) is 0 Å². The number of hydrogen-bond acceptors (Lipinski definition) is 5. The van der Waals surface area contributed by atoms with Crippen molar-refractivity contribution in [2.24, 2.45) is 0 Å². The second-order valence-corrected chi connectivity index (χ2v) is 11.4. The van der Waals surface area contributed by atoms with E-state index in [1.54, 1.807) is 31.3 Å². The standard InChI is InChI=1S/C25H28N4O4S2/c1-4-29-15-14-20-21(16-29)34-25(22(20)24(31)26-2)27-23(30)17-10-12-19(13-11-17)35(32,33)28(3)18-8-6-5-7-9-18/h5-13H,4,14-16H2,1-3H3,(H,26,31)(H,27,30)/p+1. The minimum absolute atomic E-state index is 0.0840. The van der Waals surface area contributed by atoms with Crippen LogP contribution >= 0.6 is 11.3 Å². The maximum atomic E-state index is 13.0. The zero-order chi connectivity index (χ0) is 25.2. The average molecular weight is 514 g/mol. The smallest absolute Gasteiger partial charge is 0.264 e. The van der Waals surface area contributed by atoms with Gasteiger partial charge in [-0.05, 0) is 48.9 Å². The summed E-state index contributed by atoms with van der Waals surface area (Å²) in [4.78, 5) is 28.3. The number of nitrogens with zero attached hydrogens (tertiary/aromatic N) is 1. The maximum Gasteiger partial charge on any atom is 0.264 e. The SMILES string of the molecule is CC[NH+]1CCc2c(sc(NC(=O)c3ccc(S(=O)(=O)N(C)c4ccccc4)cc3)c2C(=O)NC)C1. The highest BCUT2D eigenvalue weighted by atomic mass is 32.2. The van der Waals surface area contributed by atoms with Gasteiger partial charge in [-0.2, -0.15) is 0 Å². The van der Waals surface area contributed by atoms with E-state index in [9.17, 15) is 18.0 Å². The third kappa shape index (κ3) is 4.95. The number of carbonyl (C=O) groups excluding carboxylic acids is 2. The van der Waals surface area contributed by atoms with Crippen molar-refractivity contribution in [3.05, 3.63) is 76.2 Å². The van der Waals surface area contributed by atoms with Crippen LogP contribution in [-0.4, -0.2) is 47.4 Å². The van der Waals surface area contributed by atoms with Gasteiger partial charge in [0, 0.05) is 26.1 Å². The summed E-state index contributed by atoms with van der Waals surface area (Å²) >= 11 is 1.44. The molecule has 10 heteroatoms. The molecule has 1 aromatic heterocycles. The summed E-state index contributed by atoms with van der Waals surface area (Å²) < 4.78 is 27.2. The van der Waals surface area contributed by atoms with E-state index in [4.69, 9.17) is 0 Å². The fraction of sp³-hybridized carbons (Fsp3) is 0.280. The number of carbonyl (C=O) groups is 2. The number of amides is 2. The van der Waals surface area contributed by atoms with Crippen LogP contribution in [0.2, 0.25) is 0 Å². The number of para-hydroxylation sites is 1. The van der Waals surface area contributed by atoms with Crippen molar-refractivity contribution in [1.29, 1.82) is 0 Å². The lowest BCUT2D eigenvalue weighted by Gasteiger charge is -2.22. The maximum absolute atomic E-state index is 13.0. The fourth-order valence-corrected chi connectivity index (χ4v) is 6.69. The van der Waals surface area contributed by atoms with Gasteiger partial charge in [0.2, 0.25) is 0 Å². The normalized spacial score (nSPS) is 15.2. The van der Waals surface area contributed by atoms with E-state index >= 15 is 0 Å². The molecule has 1 atom stereocenters. The van der Waals surface area contributed by atoms with Gasteiger partial charge in [0.1, 0.15) is 11.5 Å². The number of benzene rings is 2. The second-order valence-electron chi connectivity index (χ2n) is 8.35. The first-order valence-electron chi connectivity index (χ1n) is 11.4. The highest BCUT2D eigenvalue weighted by molar-refractivity contribution is 7.92. The number of rotatable bonds is 7. The first kappa shape index (κ1) is 24.9. The topological polar surface area (TPSA) is 100 Å². The Labute approximate surface area is 209 Å². The number of quaternary nitrogens is 1. The molecule has 1 unspecified atom stereocenters. The van der Waals surface area contributed by atoms with Crippen molar-refractivity contribution < 1.29 is 22.9 Å². The van der Waals surface area contributed by atoms with E-state index in [-0.39, 0.29) is 10.8 Å². The Balaban J connectivity index is 1.56. The highest BCUT2D eigenvalue weighted by Crippen LogP contribution is 2.35. The molecule has 0 bridgehead atoms. The minimum atomic E-state index is -3.78. The number of likely N-dealkylation sites (N-methyl/N-ethyl adjacent to an activating group) is 1. The van der Waals surface area contributed by atoms with Crippen molar-refractivity contribution in [2.45, 2.75) is 24.8 Å². The fourth-order valence-electron chi connectivity index (χ4n) is 4.18. The first-order chi connectivity index (χ1) is 16.8. The molecule has 2 aromatic carbocycles. The molecule has 4 rings (SSSR count). The van der Waals surface area contributed by atoms with Gasteiger partial charge in [-0.15, -0.1) is 11.3 Å². The monoisotopic (exact) mass is 513 g/mol. The second kappa shape index (κ2) is 10.2. The van der Waals surface area contributed by atoms with Crippen molar-refractivity contribution in [3.63, 3.8) is 0 Å². The van der Waals surface area contributed by atoms with Gasteiger partial charge in [-0.1, -0.05) is 18.2 Å². The molecule has 0 aliphatic carbocycles. The van der Waals surface area contributed by atoms with Gasteiger partial charge in [-0.25, -0.2) is 8.42 Å². The van der Waals surface area contributed by atoms with Crippen molar-refractivity contribution in [1.82, 2.24) is 5.32 Å². The minimum Gasteiger partial charge on any atom is -0.355 e. The lowest BCUT2D eigenvalue weighted by Crippen LogP contribution is -3.11. The predicted molar refractivity (Wildman–Crippen MR) is 138 cm³/mol. The van der Waals surface area contributed by atoms with E-state index in [1.165, 1.54) is 51.9 Å². The number of hydrogen-bond donors (Lipinski definition) is 3. The highest BCUT2D eigenvalue weighted by Gasteiger charge is 2.30. The summed E-state index contributed by atoms with van der Waals surface area (Å²) in [7, 11) is -0.705. The van der Waals surface area contributed by atoms with Crippen LogP contribution in [0.4, 0.5) is 10.7 Å². The molecule has 184 valence electrons. The molecule has 1 aliphatic rings. The zero-order valence-corrected chi connectivity index (χ0v) is 21.6. The lowest BCUT2D eigenvalue weighted by atomic mass is 10.0. The Morgan fingerprint density at radius 2 is 1.74 bits per heavy atom. The van der Waals surface area contributed by atoms with Crippen molar-refractivity contribution in [2.75, 3.05) is 36.8 Å². The molecular formula is C25H29N4O4S2+. The molecular weight excluding hydrogens is 484 g/mol. The quantitative estimate of drug-likeness (QED) is 0.451. The Bertz CT molecular complexity index is 1340. The van der Waals surface area contributed by atoms with Crippen LogP contribution in [-0.2, 0) is 23.0 Å². The Morgan fingerprint density at radius 1 is 1.06 bits per heavy atom. The number of thiophene rings is 1. The van der Waals surface area contributed by atoms with E-state index in [0.717, 1.165) is 36.5 Å². The van der Waals surface area contributed by atoms with Crippen molar-refractivity contribution >= 4 is 43.9 Å². The lowest BCUT2D eigenvalue weighted by molar-refractivity contribution is -0.913. The molecule has 2 heterocycles. The molecule has 0 radical (unpaired) electrons. The van der Waals surface area contributed by atoms with Crippen LogP contribution < -0.4 is 19.8 Å². The first-order valence-corrected chi connectivity index (χ1v) is 13.7. The molecule has 8 nitrogen and oxygen atoms in total. The van der Waals surface area contributed by atoms with E-state index in [0.29, 0.717) is 21.8 Å². The Morgan fingerprint density at radius 3 is 2.37 bits per heavy atom. The number of nitrogens with one attached hydrogen (secondary N) is 3. The van der Waals surface area contributed by atoms with Crippen LogP contribution in [0.5, 0.6) is 0 Å². The van der Waals surface area contributed by atoms with E-state index in [2.05, 4.69) is 17.6 Å². The van der Waals surface area contributed by atoms with Gasteiger partial charge in [0.15, 0.2) is 0 Å². The van der Waals surface area contributed by atoms with Crippen LogP contribution in [0, 0.1) is 0 Å². The molecule has 3 N–H and O–H groups in total. The zero-order valence-electron chi connectivity index (χ0n) is 19.9. The van der Waals surface area contributed by atoms with Gasteiger partial charge in [0.05, 0.1) is 34.1 Å².